The first-order valence-electron chi connectivity index (χ1n) is 7.29. The monoisotopic (exact) mass is 281 g/mol. The van der Waals surface area contributed by atoms with Gasteiger partial charge in [0, 0.05) is 24.6 Å². The van der Waals surface area contributed by atoms with E-state index >= 15 is 0 Å². The molecule has 1 heterocycles. The number of phenolic OH excluding ortho intramolecular Hbond substituents is 1. The van der Waals surface area contributed by atoms with Gasteiger partial charge in [0.25, 0.3) is 5.91 Å². The summed E-state index contributed by atoms with van der Waals surface area (Å²) < 4.78 is 0. The Morgan fingerprint density at radius 1 is 1.19 bits per heavy atom. The molecule has 21 heavy (non-hydrogen) atoms. The van der Waals surface area contributed by atoms with Gasteiger partial charge in [-0.1, -0.05) is 30.3 Å². The largest absolute Gasteiger partial charge is 0.508 e. The van der Waals surface area contributed by atoms with E-state index in [0.717, 1.165) is 25.1 Å². The van der Waals surface area contributed by atoms with Crippen molar-refractivity contribution in [3.05, 3.63) is 65.2 Å². The number of benzene rings is 2. The van der Waals surface area contributed by atoms with E-state index in [9.17, 15) is 9.90 Å². The second kappa shape index (κ2) is 5.60. The number of aromatic hydroxyl groups is 1. The Bertz CT molecular complexity index is 652. The molecule has 3 heteroatoms. The van der Waals surface area contributed by atoms with Crippen molar-refractivity contribution < 1.29 is 9.90 Å². The number of hydrogen-bond acceptors (Lipinski definition) is 2. The summed E-state index contributed by atoms with van der Waals surface area (Å²) in [6.07, 6.45) is 1.01. The van der Waals surface area contributed by atoms with Gasteiger partial charge in [-0.3, -0.25) is 4.79 Å². The summed E-state index contributed by atoms with van der Waals surface area (Å²) in [5, 5.41) is 9.45. The lowest BCUT2D eigenvalue weighted by Gasteiger charge is -2.18. The molecule has 1 amide bonds. The summed E-state index contributed by atoms with van der Waals surface area (Å²) in [5.74, 6) is 0.686. The maximum atomic E-state index is 12.6. The normalized spacial score (nSPS) is 18.0. The predicted molar refractivity (Wildman–Crippen MR) is 82.5 cm³/mol. The second-order valence-corrected chi connectivity index (χ2v) is 5.65. The van der Waals surface area contributed by atoms with Gasteiger partial charge in [0.1, 0.15) is 5.75 Å². The predicted octanol–water partition coefficient (Wildman–Crippen LogP) is 3.33. The molecular weight excluding hydrogens is 262 g/mol. The number of rotatable bonds is 2. The zero-order valence-electron chi connectivity index (χ0n) is 12.1. The topological polar surface area (TPSA) is 40.5 Å². The molecule has 0 aliphatic carbocycles. The first-order valence-corrected chi connectivity index (χ1v) is 7.29. The molecule has 0 spiro atoms. The highest BCUT2D eigenvalue weighted by molar-refractivity contribution is 5.96. The zero-order chi connectivity index (χ0) is 14.8. The van der Waals surface area contributed by atoms with E-state index < -0.39 is 0 Å². The Morgan fingerprint density at radius 2 is 1.95 bits per heavy atom. The Balaban J connectivity index is 1.75. The molecule has 1 N–H and O–H groups in total. The summed E-state index contributed by atoms with van der Waals surface area (Å²) in [5.41, 5.74) is 2.81. The van der Waals surface area contributed by atoms with Crippen LogP contribution in [0.2, 0.25) is 0 Å². The van der Waals surface area contributed by atoms with Crippen molar-refractivity contribution >= 4 is 5.91 Å². The highest BCUT2D eigenvalue weighted by Crippen LogP contribution is 2.28. The molecule has 2 aromatic rings. The number of nitrogens with zero attached hydrogens (tertiary/aromatic N) is 1. The molecule has 1 aliphatic heterocycles. The second-order valence-electron chi connectivity index (χ2n) is 5.65. The van der Waals surface area contributed by atoms with Gasteiger partial charge in [-0.2, -0.15) is 0 Å². The fourth-order valence-electron chi connectivity index (χ4n) is 3.00. The smallest absolute Gasteiger partial charge is 0.254 e. The molecule has 108 valence electrons. The third-order valence-corrected chi connectivity index (χ3v) is 4.19. The molecule has 3 rings (SSSR count). The molecular formula is C18H19NO2. The Morgan fingerprint density at radius 3 is 2.67 bits per heavy atom. The van der Waals surface area contributed by atoms with Gasteiger partial charge in [-0.15, -0.1) is 0 Å². The molecule has 1 atom stereocenters. The van der Waals surface area contributed by atoms with Crippen LogP contribution in [-0.2, 0) is 0 Å². The maximum absolute atomic E-state index is 12.6. The summed E-state index contributed by atoms with van der Waals surface area (Å²) in [7, 11) is 0. The standard InChI is InChI=1S/C18H19NO2/c1-13-11-16(20)7-8-17(13)18(21)19-10-9-15(12-19)14-5-3-2-4-6-14/h2-8,11,15,20H,9-10,12H2,1H3. The third-order valence-electron chi connectivity index (χ3n) is 4.19. The van der Waals surface area contributed by atoms with Gasteiger partial charge < -0.3 is 10.0 Å². The van der Waals surface area contributed by atoms with Gasteiger partial charge in [-0.25, -0.2) is 0 Å². The van der Waals surface area contributed by atoms with Gasteiger partial charge in [0.2, 0.25) is 0 Å². The minimum atomic E-state index is 0.0610. The Kier molecular flexibility index (Phi) is 3.65. The van der Waals surface area contributed by atoms with Crippen molar-refractivity contribution in [1.29, 1.82) is 0 Å². The van der Waals surface area contributed by atoms with Crippen molar-refractivity contribution in [3.63, 3.8) is 0 Å². The number of carbonyl (C=O) groups excluding carboxylic acids is 1. The molecule has 1 unspecified atom stereocenters. The molecule has 0 saturated carbocycles. The van der Waals surface area contributed by atoms with Crippen LogP contribution in [0, 0.1) is 6.92 Å². The van der Waals surface area contributed by atoms with Crippen LogP contribution in [-0.4, -0.2) is 29.0 Å². The lowest BCUT2D eigenvalue weighted by molar-refractivity contribution is 0.0790. The van der Waals surface area contributed by atoms with E-state index in [1.807, 2.05) is 30.0 Å². The highest BCUT2D eigenvalue weighted by Gasteiger charge is 2.28. The number of aryl methyl sites for hydroxylation is 1. The van der Waals surface area contributed by atoms with Crippen molar-refractivity contribution in [3.8, 4) is 5.75 Å². The molecule has 0 radical (unpaired) electrons. The van der Waals surface area contributed by atoms with Gasteiger partial charge in [0.15, 0.2) is 0 Å². The van der Waals surface area contributed by atoms with E-state index in [2.05, 4.69) is 12.1 Å². The summed E-state index contributed by atoms with van der Waals surface area (Å²) in [6, 6.07) is 15.3. The van der Waals surface area contributed by atoms with Gasteiger partial charge in [0.05, 0.1) is 0 Å². The fraction of sp³-hybridized carbons (Fsp3) is 0.278. The summed E-state index contributed by atoms with van der Waals surface area (Å²) in [4.78, 5) is 14.5. The van der Waals surface area contributed by atoms with Crippen LogP contribution in [0.1, 0.15) is 33.8 Å². The SMILES string of the molecule is Cc1cc(O)ccc1C(=O)N1CCC(c2ccccc2)C1. The lowest BCUT2D eigenvalue weighted by Crippen LogP contribution is -2.29. The van der Waals surface area contributed by atoms with E-state index in [0.29, 0.717) is 11.5 Å². The van der Waals surface area contributed by atoms with Crippen LogP contribution in [0.5, 0.6) is 5.75 Å². The minimum Gasteiger partial charge on any atom is -0.508 e. The van der Waals surface area contributed by atoms with Crippen LogP contribution in [0.15, 0.2) is 48.5 Å². The molecule has 1 fully saturated rings. The van der Waals surface area contributed by atoms with Crippen LogP contribution in [0.4, 0.5) is 0 Å². The van der Waals surface area contributed by atoms with Crippen LogP contribution in [0.25, 0.3) is 0 Å². The Hall–Kier alpha value is -2.29. The van der Waals surface area contributed by atoms with Crippen LogP contribution < -0.4 is 0 Å². The van der Waals surface area contributed by atoms with E-state index in [1.165, 1.54) is 5.56 Å². The lowest BCUT2D eigenvalue weighted by atomic mass is 9.99. The average molecular weight is 281 g/mol. The molecule has 0 bridgehead atoms. The fourth-order valence-corrected chi connectivity index (χ4v) is 3.00. The van der Waals surface area contributed by atoms with Gasteiger partial charge in [-0.05, 0) is 42.7 Å². The first kappa shape index (κ1) is 13.7. The molecule has 3 nitrogen and oxygen atoms in total. The number of carbonyl (C=O) groups is 1. The van der Waals surface area contributed by atoms with E-state index in [1.54, 1.807) is 18.2 Å². The number of likely N-dealkylation sites (tertiary alicyclic amines) is 1. The number of amides is 1. The number of phenols is 1. The third kappa shape index (κ3) is 2.77. The first-order chi connectivity index (χ1) is 10.1. The molecule has 1 saturated heterocycles. The number of hydrogen-bond donors (Lipinski definition) is 1. The maximum Gasteiger partial charge on any atom is 0.254 e. The Labute approximate surface area is 124 Å². The van der Waals surface area contributed by atoms with Crippen molar-refractivity contribution in [2.45, 2.75) is 19.3 Å². The minimum absolute atomic E-state index is 0.0610. The van der Waals surface area contributed by atoms with Crippen LogP contribution >= 0.6 is 0 Å². The van der Waals surface area contributed by atoms with E-state index in [-0.39, 0.29) is 11.7 Å². The van der Waals surface area contributed by atoms with Gasteiger partial charge >= 0.3 is 0 Å². The average Bonchev–Trinajstić information content (AvgIpc) is 2.97. The molecule has 1 aliphatic rings. The van der Waals surface area contributed by atoms with E-state index in [4.69, 9.17) is 0 Å². The highest BCUT2D eigenvalue weighted by atomic mass is 16.3. The van der Waals surface area contributed by atoms with Crippen molar-refractivity contribution in [1.82, 2.24) is 4.90 Å². The molecule has 2 aromatic carbocycles. The molecule has 0 aromatic heterocycles. The van der Waals surface area contributed by atoms with Crippen LogP contribution in [0.3, 0.4) is 0 Å². The summed E-state index contributed by atoms with van der Waals surface area (Å²) >= 11 is 0. The summed E-state index contributed by atoms with van der Waals surface area (Å²) in [6.45, 7) is 3.42. The zero-order valence-corrected chi connectivity index (χ0v) is 12.1. The van der Waals surface area contributed by atoms with Crippen molar-refractivity contribution in [2.24, 2.45) is 0 Å². The quantitative estimate of drug-likeness (QED) is 0.917. The van der Waals surface area contributed by atoms with Crippen molar-refractivity contribution in [2.75, 3.05) is 13.1 Å².